The molecule has 5 heteroatoms. The zero-order valence-electron chi connectivity index (χ0n) is 11.0. The summed E-state index contributed by atoms with van der Waals surface area (Å²) in [5, 5.41) is 8.17. The highest BCUT2D eigenvalue weighted by Gasteiger charge is 2.69. The molecule has 104 valence electrons. The van der Waals surface area contributed by atoms with Crippen molar-refractivity contribution < 1.29 is 0 Å². The summed E-state index contributed by atoms with van der Waals surface area (Å²) in [5.41, 5.74) is 2.57. The van der Waals surface area contributed by atoms with E-state index in [1.54, 1.807) is 11.3 Å². The predicted octanol–water partition coefficient (Wildman–Crippen LogP) is 4.01. The summed E-state index contributed by atoms with van der Waals surface area (Å²) >= 11 is 14.0. The Morgan fingerprint density at radius 3 is 2.90 bits per heavy atom. The Morgan fingerprint density at radius 1 is 1.35 bits per heavy atom. The quantitative estimate of drug-likeness (QED) is 0.902. The standard InChI is InChI=1S/C15H14Cl2N2S/c1-8-6-20-14(19-8)13-10-5-18-7-15(10,13)9-2-3-11(16)12(17)4-9/h2-4,6,10,13,18H,5,7H2,1H3/t10-,13+,15+/m0/s1. The van der Waals surface area contributed by atoms with Gasteiger partial charge in [0.15, 0.2) is 0 Å². The van der Waals surface area contributed by atoms with Crippen molar-refractivity contribution in [2.75, 3.05) is 13.1 Å². The van der Waals surface area contributed by atoms with Gasteiger partial charge in [0.25, 0.3) is 0 Å². The number of aromatic nitrogens is 1. The highest BCUT2D eigenvalue weighted by atomic mass is 35.5. The van der Waals surface area contributed by atoms with Crippen molar-refractivity contribution in [1.82, 2.24) is 10.3 Å². The van der Waals surface area contributed by atoms with E-state index in [0.717, 1.165) is 18.8 Å². The molecule has 3 atom stereocenters. The molecule has 0 unspecified atom stereocenters. The second-order valence-electron chi connectivity index (χ2n) is 5.71. The molecule has 2 fully saturated rings. The summed E-state index contributed by atoms with van der Waals surface area (Å²) in [5.74, 6) is 1.16. The number of nitrogens with zero attached hydrogens (tertiary/aromatic N) is 1. The predicted molar refractivity (Wildman–Crippen MR) is 84.1 cm³/mol. The first kappa shape index (κ1) is 13.1. The monoisotopic (exact) mass is 324 g/mol. The van der Waals surface area contributed by atoms with Gasteiger partial charge in [0.1, 0.15) is 0 Å². The number of fused-ring (bicyclic) bond motifs is 1. The summed E-state index contributed by atoms with van der Waals surface area (Å²) < 4.78 is 0. The van der Waals surface area contributed by atoms with Gasteiger partial charge < -0.3 is 5.32 Å². The molecular formula is C15H14Cl2N2S. The number of nitrogens with one attached hydrogen (secondary N) is 1. The molecular weight excluding hydrogens is 311 g/mol. The molecule has 4 rings (SSSR count). The van der Waals surface area contributed by atoms with E-state index in [0.29, 0.717) is 21.9 Å². The molecule has 2 nitrogen and oxygen atoms in total. The van der Waals surface area contributed by atoms with Crippen LogP contribution >= 0.6 is 34.5 Å². The van der Waals surface area contributed by atoms with E-state index in [4.69, 9.17) is 28.2 Å². The molecule has 20 heavy (non-hydrogen) atoms. The van der Waals surface area contributed by atoms with E-state index in [1.807, 2.05) is 12.1 Å². The number of piperidine rings is 1. The molecule has 0 spiro atoms. The Balaban J connectivity index is 1.76. The highest BCUT2D eigenvalue weighted by Crippen LogP contribution is 2.67. The fourth-order valence-electron chi connectivity index (χ4n) is 3.68. The Bertz CT molecular complexity index is 684. The van der Waals surface area contributed by atoms with Crippen LogP contribution in [0.1, 0.15) is 22.2 Å². The molecule has 1 aliphatic carbocycles. The third-order valence-electron chi connectivity index (χ3n) is 4.65. The van der Waals surface area contributed by atoms with Gasteiger partial charge in [0.2, 0.25) is 0 Å². The maximum absolute atomic E-state index is 6.21. The molecule has 1 aromatic carbocycles. The fraction of sp³-hybridized carbons (Fsp3) is 0.400. The number of halogens is 2. The van der Waals surface area contributed by atoms with E-state index in [-0.39, 0.29) is 5.41 Å². The van der Waals surface area contributed by atoms with Crippen molar-refractivity contribution in [2.45, 2.75) is 18.3 Å². The molecule has 1 aromatic heterocycles. The van der Waals surface area contributed by atoms with Crippen molar-refractivity contribution in [3.8, 4) is 0 Å². The lowest BCUT2D eigenvalue weighted by molar-refractivity contribution is 0.634. The zero-order valence-corrected chi connectivity index (χ0v) is 13.3. The van der Waals surface area contributed by atoms with Crippen LogP contribution in [0.4, 0.5) is 0 Å². The van der Waals surface area contributed by atoms with E-state index < -0.39 is 0 Å². The number of rotatable bonds is 2. The summed E-state index contributed by atoms with van der Waals surface area (Å²) in [4.78, 5) is 4.70. The van der Waals surface area contributed by atoms with Crippen molar-refractivity contribution >= 4 is 34.5 Å². The van der Waals surface area contributed by atoms with Crippen molar-refractivity contribution in [2.24, 2.45) is 5.92 Å². The van der Waals surface area contributed by atoms with Gasteiger partial charge >= 0.3 is 0 Å². The van der Waals surface area contributed by atoms with Gasteiger partial charge in [-0.05, 0) is 37.1 Å². The van der Waals surface area contributed by atoms with E-state index in [1.165, 1.54) is 10.6 Å². The number of hydrogen-bond donors (Lipinski definition) is 1. The maximum Gasteiger partial charge on any atom is 0.0972 e. The molecule has 0 radical (unpaired) electrons. The first-order valence-electron chi connectivity index (χ1n) is 6.71. The van der Waals surface area contributed by atoms with Gasteiger partial charge in [-0.3, -0.25) is 0 Å². The van der Waals surface area contributed by atoms with Crippen LogP contribution in [0.3, 0.4) is 0 Å². The largest absolute Gasteiger partial charge is 0.315 e. The molecule has 2 aliphatic rings. The summed E-state index contributed by atoms with van der Waals surface area (Å²) in [6.07, 6.45) is 0. The van der Waals surface area contributed by atoms with E-state index >= 15 is 0 Å². The summed E-state index contributed by atoms with van der Waals surface area (Å²) in [7, 11) is 0. The van der Waals surface area contributed by atoms with Crippen LogP contribution in [0.2, 0.25) is 10.0 Å². The molecule has 1 N–H and O–H groups in total. The fourth-order valence-corrected chi connectivity index (χ4v) is 5.04. The van der Waals surface area contributed by atoms with Crippen LogP contribution in [0.5, 0.6) is 0 Å². The van der Waals surface area contributed by atoms with Crippen molar-refractivity contribution in [3.05, 3.63) is 49.9 Å². The molecule has 1 saturated heterocycles. The molecule has 0 bridgehead atoms. The summed E-state index contributed by atoms with van der Waals surface area (Å²) in [6, 6.07) is 6.06. The van der Waals surface area contributed by atoms with Gasteiger partial charge in [-0.2, -0.15) is 0 Å². The average molecular weight is 325 g/mol. The van der Waals surface area contributed by atoms with E-state index in [2.05, 4.69) is 23.7 Å². The lowest BCUT2D eigenvalue weighted by Crippen LogP contribution is -2.22. The molecule has 1 saturated carbocycles. The van der Waals surface area contributed by atoms with Gasteiger partial charge in [0.05, 0.1) is 15.1 Å². The van der Waals surface area contributed by atoms with Crippen LogP contribution in [0.25, 0.3) is 0 Å². The minimum Gasteiger partial charge on any atom is -0.315 e. The Labute approximate surface area is 132 Å². The van der Waals surface area contributed by atoms with E-state index in [9.17, 15) is 0 Å². The average Bonchev–Trinajstić information content (AvgIpc) is 2.79. The van der Waals surface area contributed by atoms with Crippen LogP contribution in [-0.2, 0) is 5.41 Å². The molecule has 2 heterocycles. The molecule has 1 aliphatic heterocycles. The third-order valence-corrected chi connectivity index (χ3v) is 6.44. The number of hydrogen-bond acceptors (Lipinski definition) is 3. The van der Waals surface area contributed by atoms with Gasteiger partial charge in [-0.15, -0.1) is 11.3 Å². The lowest BCUT2D eigenvalue weighted by atomic mass is 9.93. The third kappa shape index (κ3) is 1.70. The Kier molecular flexibility index (Phi) is 2.90. The first-order valence-corrected chi connectivity index (χ1v) is 8.35. The van der Waals surface area contributed by atoms with Gasteiger partial charge in [-0.1, -0.05) is 29.3 Å². The van der Waals surface area contributed by atoms with Crippen LogP contribution in [0.15, 0.2) is 23.6 Å². The maximum atomic E-state index is 6.21. The second kappa shape index (κ2) is 4.44. The second-order valence-corrected chi connectivity index (χ2v) is 7.42. The minimum atomic E-state index is 0.165. The van der Waals surface area contributed by atoms with Crippen LogP contribution in [-0.4, -0.2) is 18.1 Å². The zero-order chi connectivity index (χ0) is 13.9. The molecule has 2 aromatic rings. The Hall–Kier alpha value is -0.610. The van der Waals surface area contributed by atoms with Crippen LogP contribution < -0.4 is 5.32 Å². The number of aryl methyl sites for hydroxylation is 1. The van der Waals surface area contributed by atoms with Crippen molar-refractivity contribution in [1.29, 1.82) is 0 Å². The Morgan fingerprint density at radius 2 is 2.20 bits per heavy atom. The lowest BCUT2D eigenvalue weighted by Gasteiger charge is -2.16. The van der Waals surface area contributed by atoms with Crippen LogP contribution in [0, 0.1) is 12.8 Å². The van der Waals surface area contributed by atoms with Crippen molar-refractivity contribution in [3.63, 3.8) is 0 Å². The summed E-state index contributed by atoms with van der Waals surface area (Å²) in [6.45, 7) is 4.12. The van der Waals surface area contributed by atoms with Gasteiger partial charge in [-0.25, -0.2) is 4.98 Å². The topological polar surface area (TPSA) is 24.9 Å². The normalized spacial score (nSPS) is 31.4. The minimum absolute atomic E-state index is 0.165. The SMILES string of the molecule is Cc1csc([C@H]2[C@@H]3CNC[C@@]32c2ccc(Cl)c(Cl)c2)n1. The first-order chi connectivity index (χ1) is 9.63. The highest BCUT2D eigenvalue weighted by molar-refractivity contribution is 7.09. The number of thiazole rings is 1. The number of benzene rings is 1. The van der Waals surface area contributed by atoms with Gasteiger partial charge in [0, 0.05) is 29.0 Å². The smallest absolute Gasteiger partial charge is 0.0972 e. The molecule has 0 amide bonds.